The maximum absolute atomic E-state index is 3.54. The summed E-state index contributed by atoms with van der Waals surface area (Å²) in [5, 5.41) is 3.54. The largest absolute Gasteiger partial charge is 0.369 e. The van der Waals surface area contributed by atoms with E-state index in [2.05, 4.69) is 76.0 Å². The van der Waals surface area contributed by atoms with Gasteiger partial charge in [-0.3, -0.25) is 0 Å². The molecular weight excluding hydrogens is 244 g/mol. The summed E-state index contributed by atoms with van der Waals surface area (Å²) in [6.07, 6.45) is 1.13. The maximum atomic E-state index is 3.54. The Bertz CT molecular complexity index is 368. The average Bonchev–Trinajstić information content (AvgIpc) is 2.42. The molecule has 2 heteroatoms. The zero-order chi connectivity index (χ0) is 15.1. The first kappa shape index (κ1) is 17.0. The molecule has 2 nitrogen and oxygen atoms in total. The van der Waals surface area contributed by atoms with Crippen molar-refractivity contribution >= 4 is 5.69 Å². The molecule has 20 heavy (non-hydrogen) atoms. The van der Waals surface area contributed by atoms with Crippen molar-refractivity contribution in [1.29, 1.82) is 0 Å². The standard InChI is InChI=1S/C18H32N2/c1-7-18(19-8-2)16-9-11-17(12-10-16)20(15(5)6)13-14(3)4/h9-12,14-15,18-19H,7-8,13H2,1-6H3. The molecule has 1 aromatic carbocycles. The lowest BCUT2D eigenvalue weighted by atomic mass is 10.0. The predicted octanol–water partition coefficient (Wildman–Crippen LogP) is 4.62. The Balaban J connectivity index is 2.87. The maximum Gasteiger partial charge on any atom is 0.0368 e. The van der Waals surface area contributed by atoms with Gasteiger partial charge in [-0.05, 0) is 50.4 Å². The van der Waals surface area contributed by atoms with Crippen molar-refractivity contribution in [3.8, 4) is 0 Å². The van der Waals surface area contributed by atoms with Gasteiger partial charge in [-0.1, -0.05) is 39.8 Å². The number of benzene rings is 1. The fourth-order valence-electron chi connectivity index (χ4n) is 2.65. The number of nitrogens with one attached hydrogen (secondary N) is 1. The Morgan fingerprint density at radius 2 is 1.60 bits per heavy atom. The molecule has 1 atom stereocenters. The summed E-state index contributed by atoms with van der Waals surface area (Å²) >= 11 is 0. The van der Waals surface area contributed by atoms with Crippen LogP contribution in [0.3, 0.4) is 0 Å². The van der Waals surface area contributed by atoms with Gasteiger partial charge < -0.3 is 10.2 Å². The Morgan fingerprint density at radius 1 is 1.00 bits per heavy atom. The van der Waals surface area contributed by atoms with Crippen molar-refractivity contribution in [1.82, 2.24) is 5.32 Å². The van der Waals surface area contributed by atoms with Gasteiger partial charge in [-0.2, -0.15) is 0 Å². The van der Waals surface area contributed by atoms with Crippen molar-refractivity contribution in [2.24, 2.45) is 5.92 Å². The number of anilines is 1. The van der Waals surface area contributed by atoms with Crippen LogP contribution in [0.25, 0.3) is 0 Å². The van der Waals surface area contributed by atoms with E-state index in [0.717, 1.165) is 19.5 Å². The number of nitrogens with zero attached hydrogens (tertiary/aromatic N) is 1. The summed E-state index contributed by atoms with van der Waals surface area (Å²) in [6.45, 7) is 15.6. The van der Waals surface area contributed by atoms with Crippen molar-refractivity contribution in [3.05, 3.63) is 29.8 Å². The second kappa shape index (κ2) is 8.31. The minimum absolute atomic E-state index is 0.478. The summed E-state index contributed by atoms with van der Waals surface area (Å²) < 4.78 is 0. The quantitative estimate of drug-likeness (QED) is 0.745. The topological polar surface area (TPSA) is 15.3 Å². The predicted molar refractivity (Wildman–Crippen MR) is 90.5 cm³/mol. The van der Waals surface area contributed by atoms with E-state index in [1.165, 1.54) is 11.3 Å². The lowest BCUT2D eigenvalue weighted by Crippen LogP contribution is -2.34. The normalized spacial score (nSPS) is 13.0. The summed E-state index contributed by atoms with van der Waals surface area (Å²) in [7, 11) is 0. The highest BCUT2D eigenvalue weighted by atomic mass is 15.2. The van der Waals surface area contributed by atoms with E-state index in [1.54, 1.807) is 0 Å². The lowest BCUT2D eigenvalue weighted by molar-refractivity contribution is 0.537. The molecule has 1 rings (SSSR count). The highest BCUT2D eigenvalue weighted by Gasteiger charge is 2.13. The van der Waals surface area contributed by atoms with E-state index in [0.29, 0.717) is 18.0 Å². The molecule has 0 spiro atoms. The van der Waals surface area contributed by atoms with Gasteiger partial charge >= 0.3 is 0 Å². The Kier molecular flexibility index (Phi) is 7.08. The zero-order valence-corrected chi connectivity index (χ0v) is 14.1. The molecule has 114 valence electrons. The van der Waals surface area contributed by atoms with E-state index in [1.807, 2.05) is 0 Å². The Hall–Kier alpha value is -1.02. The van der Waals surface area contributed by atoms with Crippen LogP contribution in [0.5, 0.6) is 0 Å². The number of hydrogen-bond donors (Lipinski definition) is 1. The summed E-state index contributed by atoms with van der Waals surface area (Å²) in [4.78, 5) is 2.49. The smallest absolute Gasteiger partial charge is 0.0368 e. The molecule has 0 aromatic heterocycles. The van der Waals surface area contributed by atoms with E-state index in [4.69, 9.17) is 0 Å². The zero-order valence-electron chi connectivity index (χ0n) is 14.1. The SMILES string of the molecule is CCNC(CC)c1ccc(N(CC(C)C)C(C)C)cc1. The van der Waals surface area contributed by atoms with E-state index in [-0.39, 0.29) is 0 Å². The molecule has 0 saturated heterocycles. The summed E-state index contributed by atoms with van der Waals surface area (Å²) in [6, 6.07) is 10.1. The number of hydrogen-bond acceptors (Lipinski definition) is 2. The van der Waals surface area contributed by atoms with Gasteiger partial charge in [0.05, 0.1) is 0 Å². The Labute approximate surface area is 125 Å². The van der Waals surface area contributed by atoms with Crippen LogP contribution in [0, 0.1) is 5.92 Å². The molecule has 0 radical (unpaired) electrons. The molecule has 0 aliphatic rings. The molecule has 0 aliphatic heterocycles. The van der Waals surface area contributed by atoms with Crippen molar-refractivity contribution in [2.75, 3.05) is 18.0 Å². The first-order chi connectivity index (χ1) is 9.49. The highest BCUT2D eigenvalue weighted by Crippen LogP contribution is 2.23. The molecule has 0 amide bonds. The van der Waals surface area contributed by atoms with Gasteiger partial charge in [0.25, 0.3) is 0 Å². The summed E-state index contributed by atoms with van der Waals surface area (Å²) in [5.41, 5.74) is 2.73. The second-order valence-electron chi connectivity index (χ2n) is 6.25. The molecule has 1 unspecified atom stereocenters. The van der Waals surface area contributed by atoms with Gasteiger partial charge in [0.15, 0.2) is 0 Å². The van der Waals surface area contributed by atoms with Crippen LogP contribution in [0.2, 0.25) is 0 Å². The highest BCUT2D eigenvalue weighted by molar-refractivity contribution is 5.48. The van der Waals surface area contributed by atoms with Crippen molar-refractivity contribution in [2.45, 2.75) is 60.0 Å². The molecule has 0 saturated carbocycles. The molecule has 0 bridgehead atoms. The molecule has 0 fully saturated rings. The first-order valence-corrected chi connectivity index (χ1v) is 8.09. The van der Waals surface area contributed by atoms with Gasteiger partial charge in [0.1, 0.15) is 0 Å². The van der Waals surface area contributed by atoms with Crippen LogP contribution < -0.4 is 10.2 Å². The molecule has 1 aromatic rings. The fourth-order valence-corrected chi connectivity index (χ4v) is 2.65. The van der Waals surface area contributed by atoms with Crippen molar-refractivity contribution in [3.63, 3.8) is 0 Å². The number of rotatable bonds is 8. The van der Waals surface area contributed by atoms with E-state index >= 15 is 0 Å². The molecular formula is C18H32N2. The van der Waals surface area contributed by atoms with E-state index < -0.39 is 0 Å². The van der Waals surface area contributed by atoms with Gasteiger partial charge in [0.2, 0.25) is 0 Å². The average molecular weight is 276 g/mol. The van der Waals surface area contributed by atoms with Gasteiger partial charge in [-0.25, -0.2) is 0 Å². The molecule has 0 aliphatic carbocycles. The van der Waals surface area contributed by atoms with Crippen LogP contribution in [-0.2, 0) is 0 Å². The second-order valence-corrected chi connectivity index (χ2v) is 6.25. The van der Waals surface area contributed by atoms with Gasteiger partial charge in [0, 0.05) is 24.3 Å². The minimum Gasteiger partial charge on any atom is -0.369 e. The third-order valence-electron chi connectivity index (χ3n) is 3.67. The van der Waals surface area contributed by atoms with Crippen LogP contribution in [-0.4, -0.2) is 19.1 Å². The monoisotopic (exact) mass is 276 g/mol. The lowest BCUT2D eigenvalue weighted by Gasteiger charge is -2.31. The third-order valence-corrected chi connectivity index (χ3v) is 3.67. The Morgan fingerprint density at radius 3 is 2.00 bits per heavy atom. The van der Waals surface area contributed by atoms with Crippen LogP contribution in [0.4, 0.5) is 5.69 Å². The molecule has 1 N–H and O–H groups in total. The van der Waals surface area contributed by atoms with Crippen LogP contribution >= 0.6 is 0 Å². The fraction of sp³-hybridized carbons (Fsp3) is 0.667. The van der Waals surface area contributed by atoms with E-state index in [9.17, 15) is 0 Å². The minimum atomic E-state index is 0.478. The van der Waals surface area contributed by atoms with Crippen LogP contribution in [0.15, 0.2) is 24.3 Å². The van der Waals surface area contributed by atoms with Gasteiger partial charge in [-0.15, -0.1) is 0 Å². The van der Waals surface area contributed by atoms with Crippen LogP contribution in [0.1, 0.15) is 59.6 Å². The summed E-state index contributed by atoms with van der Waals surface area (Å²) in [5.74, 6) is 0.683. The molecule has 0 heterocycles. The third kappa shape index (κ3) is 4.82. The first-order valence-electron chi connectivity index (χ1n) is 8.09. The van der Waals surface area contributed by atoms with Crippen molar-refractivity contribution < 1.29 is 0 Å².